The summed E-state index contributed by atoms with van der Waals surface area (Å²) in [5.74, 6) is -0.521. The van der Waals surface area contributed by atoms with Crippen LogP contribution in [0.1, 0.15) is 12.8 Å². The Bertz CT molecular complexity index is 1070. The van der Waals surface area contributed by atoms with Gasteiger partial charge in [-0.2, -0.15) is 0 Å². The molecule has 1 fully saturated rings. The van der Waals surface area contributed by atoms with Crippen LogP contribution in [0.15, 0.2) is 20.8 Å². The van der Waals surface area contributed by atoms with E-state index in [0.29, 0.717) is 29.6 Å². The molecule has 27 heavy (non-hydrogen) atoms. The van der Waals surface area contributed by atoms with Gasteiger partial charge in [0.15, 0.2) is 11.6 Å². The number of sulfone groups is 1. The van der Waals surface area contributed by atoms with Gasteiger partial charge in [0, 0.05) is 12.9 Å². The Morgan fingerprint density at radius 1 is 1.48 bits per heavy atom. The standard InChI is InChI=1S/C16H16BrClFN3O4S/c1-27(23,24)9-5-22(8-3-2-4-25-6-8)16-10-14(20-7-21-16)12(18)11(17)13(19)15(10)26-9/h5,8,21H,2-4,6-7H2,1H3. The van der Waals surface area contributed by atoms with Crippen molar-refractivity contribution in [3.8, 4) is 5.75 Å². The third-order valence-electron chi connectivity index (χ3n) is 4.58. The molecule has 0 aromatic heterocycles. The first-order valence-electron chi connectivity index (χ1n) is 8.24. The van der Waals surface area contributed by atoms with Gasteiger partial charge >= 0.3 is 0 Å². The summed E-state index contributed by atoms with van der Waals surface area (Å²) in [5.41, 5.74) is 0. The molecule has 1 N–H and O–H groups in total. The van der Waals surface area contributed by atoms with Crippen LogP contribution in [0.2, 0.25) is 5.02 Å². The predicted molar refractivity (Wildman–Crippen MR) is 101 cm³/mol. The zero-order valence-corrected chi connectivity index (χ0v) is 17.4. The Kier molecular flexibility index (Phi) is 4.86. The number of halogens is 3. The Labute approximate surface area is 168 Å². The fourth-order valence-electron chi connectivity index (χ4n) is 3.30. The van der Waals surface area contributed by atoms with Crippen LogP contribution in [0.3, 0.4) is 0 Å². The minimum Gasteiger partial charge on any atom is -0.440 e. The summed E-state index contributed by atoms with van der Waals surface area (Å²) in [7, 11) is -3.76. The highest BCUT2D eigenvalue weighted by Crippen LogP contribution is 2.32. The second-order valence-electron chi connectivity index (χ2n) is 6.44. The molecule has 0 aliphatic carbocycles. The topological polar surface area (TPSA) is 80.2 Å². The molecule has 0 spiro atoms. The van der Waals surface area contributed by atoms with E-state index in [4.69, 9.17) is 21.1 Å². The van der Waals surface area contributed by atoms with Crippen LogP contribution in [0, 0.1) is 5.82 Å². The number of ether oxygens (including phenoxy) is 2. The van der Waals surface area contributed by atoms with Gasteiger partial charge in [0.2, 0.25) is 14.9 Å². The largest absolute Gasteiger partial charge is 0.440 e. The SMILES string of the molecule is CS(=O)(=O)C1=CN(C2CCCOC2)C2=c3c(c(F)c(Br)c(Cl)c3=NCN2)O1. The third-order valence-corrected chi connectivity index (χ3v) is 6.84. The van der Waals surface area contributed by atoms with E-state index >= 15 is 0 Å². The van der Waals surface area contributed by atoms with Crippen molar-refractivity contribution in [3.05, 3.63) is 37.2 Å². The minimum atomic E-state index is -3.76. The summed E-state index contributed by atoms with van der Waals surface area (Å²) in [5, 5.41) is 3.51. The molecule has 1 unspecified atom stereocenters. The summed E-state index contributed by atoms with van der Waals surface area (Å²) in [6.07, 6.45) is 4.01. The number of hydrogen-bond donors (Lipinski definition) is 1. The molecule has 146 valence electrons. The van der Waals surface area contributed by atoms with Gasteiger partial charge in [-0.25, -0.2) is 12.8 Å². The average Bonchev–Trinajstić information content (AvgIpc) is 2.83. The summed E-state index contributed by atoms with van der Waals surface area (Å²) >= 11 is 9.39. The number of benzene rings is 1. The van der Waals surface area contributed by atoms with Gasteiger partial charge in [-0.15, -0.1) is 0 Å². The second-order valence-corrected chi connectivity index (χ2v) is 9.55. The number of nitrogens with zero attached hydrogens (tertiary/aromatic N) is 2. The molecule has 0 bridgehead atoms. The van der Waals surface area contributed by atoms with Crippen LogP contribution in [0.5, 0.6) is 5.75 Å². The highest BCUT2D eigenvalue weighted by Gasteiger charge is 2.33. The highest BCUT2D eigenvalue weighted by molar-refractivity contribution is 9.10. The number of hydrogen-bond acceptors (Lipinski definition) is 7. The third kappa shape index (κ3) is 3.22. The van der Waals surface area contributed by atoms with E-state index in [-0.39, 0.29) is 33.0 Å². The van der Waals surface area contributed by atoms with Gasteiger partial charge in [0.05, 0.1) is 38.9 Å². The zero-order valence-electron chi connectivity index (χ0n) is 14.3. The van der Waals surface area contributed by atoms with Crippen molar-refractivity contribution in [2.24, 2.45) is 4.99 Å². The minimum absolute atomic E-state index is 0.0229. The van der Waals surface area contributed by atoms with Crippen LogP contribution in [0.4, 0.5) is 4.39 Å². The average molecular weight is 481 g/mol. The van der Waals surface area contributed by atoms with E-state index in [1.54, 1.807) is 4.90 Å². The molecule has 3 aliphatic heterocycles. The monoisotopic (exact) mass is 479 g/mol. The summed E-state index contributed by atoms with van der Waals surface area (Å²) < 4.78 is 50.6. The van der Waals surface area contributed by atoms with E-state index in [1.165, 1.54) is 6.20 Å². The number of nitrogens with one attached hydrogen (secondary N) is 1. The Hall–Kier alpha value is -1.36. The van der Waals surface area contributed by atoms with Crippen molar-refractivity contribution < 1.29 is 22.3 Å². The van der Waals surface area contributed by atoms with Crippen LogP contribution < -0.4 is 20.6 Å². The van der Waals surface area contributed by atoms with Crippen LogP contribution in [-0.2, 0) is 14.6 Å². The van der Waals surface area contributed by atoms with Gasteiger partial charge in [0.25, 0.3) is 0 Å². The molecular formula is C16H16BrClFN3O4S. The van der Waals surface area contributed by atoms with Crippen molar-refractivity contribution in [2.45, 2.75) is 18.9 Å². The Morgan fingerprint density at radius 3 is 2.93 bits per heavy atom. The van der Waals surface area contributed by atoms with E-state index in [1.807, 2.05) is 0 Å². The van der Waals surface area contributed by atoms with Gasteiger partial charge in [-0.1, -0.05) is 11.6 Å². The van der Waals surface area contributed by atoms with Gasteiger partial charge in [0.1, 0.15) is 12.5 Å². The first-order chi connectivity index (χ1) is 12.8. The van der Waals surface area contributed by atoms with Crippen molar-refractivity contribution in [2.75, 3.05) is 26.1 Å². The normalized spacial score (nSPS) is 22.1. The smallest absolute Gasteiger partial charge is 0.234 e. The molecule has 3 aliphatic rings. The zero-order chi connectivity index (χ0) is 19.3. The quantitative estimate of drug-likeness (QED) is 0.641. The van der Waals surface area contributed by atoms with Crippen LogP contribution in [-0.4, -0.2) is 45.5 Å². The molecule has 0 saturated carbocycles. The lowest BCUT2D eigenvalue weighted by atomic mass is 10.1. The first-order valence-corrected chi connectivity index (χ1v) is 11.3. The summed E-state index contributed by atoms with van der Waals surface area (Å²) in [4.78, 5) is 6.06. The molecule has 7 nitrogen and oxygen atoms in total. The van der Waals surface area contributed by atoms with Crippen LogP contribution in [0.25, 0.3) is 5.82 Å². The first kappa shape index (κ1) is 19.0. The molecule has 0 amide bonds. The predicted octanol–water partition coefficient (Wildman–Crippen LogP) is 1.20. The van der Waals surface area contributed by atoms with Crippen molar-refractivity contribution in [1.82, 2.24) is 10.2 Å². The van der Waals surface area contributed by atoms with Gasteiger partial charge < -0.3 is 19.7 Å². The lowest BCUT2D eigenvalue weighted by molar-refractivity contribution is 0.0483. The van der Waals surface area contributed by atoms with Crippen LogP contribution >= 0.6 is 27.5 Å². The van der Waals surface area contributed by atoms with Crippen molar-refractivity contribution in [3.63, 3.8) is 0 Å². The van der Waals surface area contributed by atoms with E-state index < -0.39 is 15.7 Å². The Morgan fingerprint density at radius 2 is 2.26 bits per heavy atom. The summed E-state index contributed by atoms with van der Waals surface area (Å²) in [6, 6.07) is -0.135. The maximum absolute atomic E-state index is 15.0. The molecule has 1 atom stereocenters. The molecule has 1 saturated heterocycles. The number of rotatable bonds is 2. The van der Waals surface area contributed by atoms with E-state index in [0.717, 1.165) is 19.1 Å². The lowest BCUT2D eigenvalue weighted by Crippen LogP contribution is -2.48. The highest BCUT2D eigenvalue weighted by atomic mass is 79.9. The molecule has 4 rings (SSSR count). The molecule has 11 heteroatoms. The second kappa shape index (κ2) is 6.91. The molecule has 0 radical (unpaired) electrons. The fourth-order valence-corrected chi connectivity index (χ4v) is 4.45. The van der Waals surface area contributed by atoms with E-state index in [2.05, 4.69) is 26.2 Å². The molecule has 1 aromatic carbocycles. The van der Waals surface area contributed by atoms with Gasteiger partial charge in [-0.05, 0) is 28.8 Å². The fraction of sp³-hybridized carbons (Fsp3) is 0.438. The Balaban J connectivity index is 2.06. The van der Waals surface area contributed by atoms with E-state index in [9.17, 15) is 12.8 Å². The maximum Gasteiger partial charge on any atom is 0.234 e. The van der Waals surface area contributed by atoms with Crippen molar-refractivity contribution in [1.29, 1.82) is 0 Å². The molecule has 3 heterocycles. The maximum atomic E-state index is 15.0. The molecular weight excluding hydrogens is 465 g/mol. The summed E-state index contributed by atoms with van der Waals surface area (Å²) in [6.45, 7) is 1.27. The molecule has 1 aromatic rings. The van der Waals surface area contributed by atoms with Crippen molar-refractivity contribution >= 4 is 43.2 Å². The van der Waals surface area contributed by atoms with Gasteiger partial charge in [-0.3, -0.25) is 4.99 Å². The lowest BCUT2D eigenvalue weighted by Gasteiger charge is -2.35.